The number of carbonyl (C=O) groups is 2. The standard InChI is InChI=1S/C18H25F2N3O4/c1-18(2,3)27-17(26)22-10-13(24)9-21-12-6-11-7-15(25)23(5-4-19)16(11)14(20)8-12/h6,8,13,21,24H,4-5,7,9-10H2,1-3H3,(H,22,26)/t13-/m1/s1. The number of carbonyl (C=O) groups excluding carboxylic acids is 2. The van der Waals surface area contributed by atoms with Crippen LogP contribution in [0.5, 0.6) is 0 Å². The molecular formula is C18H25F2N3O4. The van der Waals surface area contributed by atoms with Gasteiger partial charge in [-0.15, -0.1) is 0 Å². The molecule has 0 fully saturated rings. The van der Waals surface area contributed by atoms with Gasteiger partial charge in [-0.05, 0) is 38.5 Å². The zero-order valence-electron chi connectivity index (χ0n) is 15.6. The van der Waals surface area contributed by atoms with E-state index in [0.29, 0.717) is 11.3 Å². The number of hydrogen-bond donors (Lipinski definition) is 3. The first-order valence-electron chi connectivity index (χ1n) is 8.68. The fourth-order valence-electron chi connectivity index (χ4n) is 2.72. The summed E-state index contributed by atoms with van der Waals surface area (Å²) in [5.41, 5.74) is 0.327. The topological polar surface area (TPSA) is 90.9 Å². The van der Waals surface area contributed by atoms with E-state index in [2.05, 4.69) is 10.6 Å². The Hall–Kier alpha value is -2.42. The predicted molar refractivity (Wildman–Crippen MR) is 97.2 cm³/mol. The van der Waals surface area contributed by atoms with Gasteiger partial charge in [-0.3, -0.25) is 4.79 Å². The van der Waals surface area contributed by atoms with Crippen molar-refractivity contribution in [3.05, 3.63) is 23.5 Å². The second-order valence-corrected chi connectivity index (χ2v) is 7.29. The molecule has 1 heterocycles. The molecule has 0 aliphatic carbocycles. The van der Waals surface area contributed by atoms with Crippen LogP contribution in [0.2, 0.25) is 0 Å². The van der Waals surface area contributed by atoms with Crippen LogP contribution in [0.25, 0.3) is 0 Å². The quantitative estimate of drug-likeness (QED) is 0.668. The number of hydrogen-bond acceptors (Lipinski definition) is 5. The summed E-state index contributed by atoms with van der Waals surface area (Å²) in [5.74, 6) is -0.976. The van der Waals surface area contributed by atoms with Crippen LogP contribution in [-0.2, 0) is 16.0 Å². The van der Waals surface area contributed by atoms with Gasteiger partial charge in [0.05, 0.1) is 24.8 Å². The smallest absolute Gasteiger partial charge is 0.407 e. The van der Waals surface area contributed by atoms with Crippen molar-refractivity contribution in [2.24, 2.45) is 0 Å². The summed E-state index contributed by atoms with van der Waals surface area (Å²) >= 11 is 0. The highest BCUT2D eigenvalue weighted by molar-refractivity contribution is 6.02. The first kappa shape index (κ1) is 20.9. The number of halogens is 2. The van der Waals surface area contributed by atoms with Gasteiger partial charge >= 0.3 is 6.09 Å². The number of alkyl carbamates (subject to hydrolysis) is 1. The Kier molecular flexibility index (Phi) is 6.59. The van der Waals surface area contributed by atoms with Crippen molar-refractivity contribution >= 4 is 23.4 Å². The normalized spacial score (nSPS) is 14.7. The van der Waals surface area contributed by atoms with E-state index in [9.17, 15) is 23.5 Å². The number of benzene rings is 1. The Morgan fingerprint density at radius 2 is 2.07 bits per heavy atom. The zero-order valence-corrected chi connectivity index (χ0v) is 15.6. The Bertz CT molecular complexity index is 707. The average molecular weight is 385 g/mol. The van der Waals surface area contributed by atoms with Crippen LogP contribution < -0.4 is 15.5 Å². The molecular weight excluding hydrogens is 360 g/mol. The second kappa shape index (κ2) is 8.51. The third-order valence-electron chi connectivity index (χ3n) is 3.79. The summed E-state index contributed by atoms with van der Waals surface area (Å²) in [6, 6.07) is 2.79. The molecule has 1 aliphatic heterocycles. The number of anilines is 2. The van der Waals surface area contributed by atoms with Crippen LogP contribution >= 0.6 is 0 Å². The minimum Gasteiger partial charge on any atom is -0.444 e. The first-order chi connectivity index (χ1) is 12.6. The summed E-state index contributed by atoms with van der Waals surface area (Å²) in [7, 11) is 0. The van der Waals surface area contributed by atoms with E-state index in [0.717, 1.165) is 4.90 Å². The largest absolute Gasteiger partial charge is 0.444 e. The summed E-state index contributed by atoms with van der Waals surface area (Å²) in [4.78, 5) is 24.5. The van der Waals surface area contributed by atoms with Gasteiger partial charge in [0.1, 0.15) is 18.1 Å². The number of amides is 2. The Balaban J connectivity index is 1.90. The third-order valence-corrected chi connectivity index (χ3v) is 3.79. The molecule has 0 bridgehead atoms. The van der Waals surface area contributed by atoms with Crippen molar-refractivity contribution in [1.82, 2.24) is 5.32 Å². The molecule has 1 aromatic rings. The number of aliphatic hydroxyl groups is 1. The van der Waals surface area contributed by atoms with Crippen LogP contribution in [-0.4, -0.2) is 55.1 Å². The lowest BCUT2D eigenvalue weighted by atomic mass is 10.1. The zero-order chi connectivity index (χ0) is 20.2. The molecule has 0 unspecified atom stereocenters. The fourth-order valence-corrected chi connectivity index (χ4v) is 2.72. The van der Waals surface area contributed by atoms with Gasteiger partial charge in [0.15, 0.2) is 0 Å². The first-order valence-corrected chi connectivity index (χ1v) is 8.68. The number of nitrogens with zero attached hydrogens (tertiary/aromatic N) is 1. The maximum absolute atomic E-state index is 14.3. The van der Waals surface area contributed by atoms with E-state index in [-0.39, 0.29) is 37.6 Å². The van der Waals surface area contributed by atoms with E-state index in [1.165, 1.54) is 6.07 Å². The molecule has 0 radical (unpaired) electrons. The van der Waals surface area contributed by atoms with E-state index in [1.54, 1.807) is 26.8 Å². The lowest BCUT2D eigenvalue weighted by molar-refractivity contribution is -0.117. The number of rotatable bonds is 7. The highest BCUT2D eigenvalue weighted by atomic mass is 19.1. The lowest BCUT2D eigenvalue weighted by Crippen LogP contribution is -2.39. The van der Waals surface area contributed by atoms with Gasteiger partial charge in [-0.25, -0.2) is 13.6 Å². The Labute approximate surface area is 156 Å². The summed E-state index contributed by atoms with van der Waals surface area (Å²) in [6.45, 7) is 4.27. The molecule has 7 nitrogen and oxygen atoms in total. The van der Waals surface area contributed by atoms with E-state index in [4.69, 9.17) is 4.74 Å². The van der Waals surface area contributed by atoms with Crippen LogP contribution in [0.4, 0.5) is 25.0 Å². The number of nitrogens with one attached hydrogen (secondary N) is 2. The number of fused-ring (bicyclic) bond motifs is 1. The predicted octanol–water partition coefficient (Wildman–Crippen LogP) is 1.98. The van der Waals surface area contributed by atoms with Gasteiger partial charge in [0.2, 0.25) is 5.91 Å². The van der Waals surface area contributed by atoms with Crippen molar-refractivity contribution < 1.29 is 28.2 Å². The summed E-state index contributed by atoms with van der Waals surface area (Å²) in [6.07, 6.45) is -1.57. The van der Waals surface area contributed by atoms with Crippen molar-refractivity contribution in [2.75, 3.05) is 36.5 Å². The summed E-state index contributed by atoms with van der Waals surface area (Å²) in [5, 5.41) is 15.2. The van der Waals surface area contributed by atoms with Crippen molar-refractivity contribution in [3.63, 3.8) is 0 Å². The van der Waals surface area contributed by atoms with Crippen LogP contribution in [0.1, 0.15) is 26.3 Å². The molecule has 1 atom stereocenters. The third kappa shape index (κ3) is 5.78. The van der Waals surface area contributed by atoms with E-state index < -0.39 is 30.3 Å². The maximum atomic E-state index is 14.3. The van der Waals surface area contributed by atoms with Crippen molar-refractivity contribution in [2.45, 2.75) is 38.9 Å². The minimum atomic E-state index is -0.932. The molecule has 0 saturated heterocycles. The van der Waals surface area contributed by atoms with Crippen LogP contribution in [0.15, 0.2) is 12.1 Å². The molecule has 150 valence electrons. The van der Waals surface area contributed by atoms with Crippen LogP contribution in [0.3, 0.4) is 0 Å². The molecule has 0 aromatic heterocycles. The molecule has 0 spiro atoms. The van der Waals surface area contributed by atoms with Gasteiger partial charge < -0.3 is 25.4 Å². The maximum Gasteiger partial charge on any atom is 0.407 e. The van der Waals surface area contributed by atoms with Gasteiger partial charge in [0.25, 0.3) is 0 Å². The highest BCUT2D eigenvalue weighted by Gasteiger charge is 2.30. The van der Waals surface area contributed by atoms with E-state index >= 15 is 0 Å². The van der Waals surface area contributed by atoms with Gasteiger partial charge in [-0.2, -0.15) is 0 Å². The molecule has 27 heavy (non-hydrogen) atoms. The van der Waals surface area contributed by atoms with E-state index in [1.807, 2.05) is 0 Å². The van der Waals surface area contributed by atoms with Gasteiger partial charge in [0, 0.05) is 18.8 Å². The molecule has 2 amide bonds. The minimum absolute atomic E-state index is 0.00449. The molecule has 1 aromatic carbocycles. The average Bonchev–Trinajstić information content (AvgIpc) is 2.86. The molecule has 1 aliphatic rings. The number of aliphatic hydroxyl groups excluding tert-OH is 1. The molecule has 3 N–H and O–H groups in total. The Morgan fingerprint density at radius 1 is 1.37 bits per heavy atom. The second-order valence-electron chi connectivity index (χ2n) is 7.29. The molecule has 0 saturated carbocycles. The number of alkyl halides is 1. The van der Waals surface area contributed by atoms with Gasteiger partial charge in [-0.1, -0.05) is 0 Å². The highest BCUT2D eigenvalue weighted by Crippen LogP contribution is 2.34. The molecule has 2 rings (SSSR count). The fraction of sp³-hybridized carbons (Fsp3) is 0.556. The Morgan fingerprint density at radius 3 is 2.70 bits per heavy atom. The molecule has 9 heteroatoms. The number of ether oxygens (including phenoxy) is 1. The summed E-state index contributed by atoms with van der Waals surface area (Å²) < 4.78 is 32.0. The van der Waals surface area contributed by atoms with Crippen molar-refractivity contribution in [1.29, 1.82) is 0 Å². The van der Waals surface area contributed by atoms with Crippen LogP contribution in [0, 0.1) is 5.82 Å². The van der Waals surface area contributed by atoms with Crippen molar-refractivity contribution in [3.8, 4) is 0 Å². The SMILES string of the molecule is CC(C)(C)OC(=O)NC[C@H](O)CNc1cc(F)c2c(c1)CC(=O)N2CCF. The monoisotopic (exact) mass is 385 g/mol. The lowest BCUT2D eigenvalue weighted by Gasteiger charge is -2.21.